The van der Waals surface area contributed by atoms with Crippen molar-refractivity contribution in [3.63, 3.8) is 0 Å². The average molecular weight is 348 g/mol. The largest absolute Gasteiger partial charge is 0.469 e. The molecule has 24 heavy (non-hydrogen) atoms. The number of rotatable bonds is 5. The number of alkyl halides is 3. The van der Waals surface area contributed by atoms with Gasteiger partial charge in [0, 0.05) is 6.04 Å². The number of anilines is 1. The first-order valence-corrected chi connectivity index (χ1v) is 7.21. The van der Waals surface area contributed by atoms with Gasteiger partial charge in [-0.15, -0.1) is 0 Å². The molecule has 1 aliphatic carbocycles. The Hall–Kier alpha value is -2.32. The van der Waals surface area contributed by atoms with Gasteiger partial charge in [0.1, 0.15) is 5.82 Å². The summed E-state index contributed by atoms with van der Waals surface area (Å²) in [5, 5.41) is 4.53. The molecule has 0 aromatic heterocycles. The highest BCUT2D eigenvalue weighted by atomic mass is 19.4. The van der Waals surface area contributed by atoms with Crippen LogP contribution in [0.5, 0.6) is 0 Å². The number of benzene rings is 1. The predicted octanol–water partition coefficient (Wildman–Crippen LogP) is 3.31. The number of hydrogen-bond donors (Lipinski definition) is 2. The van der Waals surface area contributed by atoms with Crippen molar-refractivity contribution in [2.75, 3.05) is 12.4 Å². The Morgan fingerprint density at radius 3 is 2.54 bits per heavy atom. The van der Waals surface area contributed by atoms with Crippen LogP contribution in [0.3, 0.4) is 0 Å². The SMILES string of the molecule is COC(=O)C[C@H](NC(=O)Nc1ccc(F)cc1C(F)(F)F)C1CC1. The molecule has 1 aliphatic rings. The Morgan fingerprint density at radius 1 is 1.33 bits per heavy atom. The van der Waals surface area contributed by atoms with E-state index in [9.17, 15) is 27.2 Å². The lowest BCUT2D eigenvalue weighted by Crippen LogP contribution is -2.41. The molecule has 1 fully saturated rings. The normalized spacial score (nSPS) is 15.5. The fourth-order valence-electron chi connectivity index (χ4n) is 2.28. The van der Waals surface area contributed by atoms with Crippen LogP contribution < -0.4 is 10.6 Å². The molecule has 0 heterocycles. The molecule has 0 bridgehead atoms. The van der Waals surface area contributed by atoms with Crippen LogP contribution in [0.25, 0.3) is 0 Å². The van der Waals surface area contributed by atoms with Gasteiger partial charge in [0.2, 0.25) is 0 Å². The number of urea groups is 1. The van der Waals surface area contributed by atoms with Crippen molar-refractivity contribution in [2.24, 2.45) is 5.92 Å². The molecular weight excluding hydrogens is 332 g/mol. The summed E-state index contributed by atoms with van der Waals surface area (Å²) in [5.41, 5.74) is -1.84. The van der Waals surface area contributed by atoms with Gasteiger partial charge >= 0.3 is 18.2 Å². The minimum absolute atomic E-state index is 0.0653. The molecule has 132 valence electrons. The number of hydrogen-bond acceptors (Lipinski definition) is 3. The van der Waals surface area contributed by atoms with Crippen LogP contribution in [-0.2, 0) is 15.7 Å². The number of amides is 2. The maximum Gasteiger partial charge on any atom is 0.418 e. The molecule has 0 radical (unpaired) electrons. The van der Waals surface area contributed by atoms with Gasteiger partial charge in [0.15, 0.2) is 0 Å². The fraction of sp³-hybridized carbons (Fsp3) is 0.467. The van der Waals surface area contributed by atoms with Gasteiger partial charge in [-0.1, -0.05) is 0 Å². The van der Waals surface area contributed by atoms with Gasteiger partial charge in [-0.25, -0.2) is 9.18 Å². The van der Waals surface area contributed by atoms with E-state index in [2.05, 4.69) is 15.4 Å². The van der Waals surface area contributed by atoms with E-state index in [1.165, 1.54) is 7.11 Å². The van der Waals surface area contributed by atoms with Gasteiger partial charge in [0.25, 0.3) is 0 Å². The maximum atomic E-state index is 13.0. The summed E-state index contributed by atoms with van der Waals surface area (Å²) in [6, 6.07) is 0.546. The topological polar surface area (TPSA) is 67.4 Å². The minimum Gasteiger partial charge on any atom is -0.469 e. The predicted molar refractivity (Wildman–Crippen MR) is 76.7 cm³/mol. The van der Waals surface area contributed by atoms with Crippen molar-refractivity contribution in [2.45, 2.75) is 31.5 Å². The Labute approximate surface area is 135 Å². The molecule has 5 nitrogen and oxygen atoms in total. The van der Waals surface area contributed by atoms with E-state index in [0.717, 1.165) is 25.0 Å². The number of carbonyl (C=O) groups excluding carboxylic acids is 2. The molecule has 1 aromatic carbocycles. The van der Waals surface area contributed by atoms with E-state index in [1.54, 1.807) is 0 Å². The number of methoxy groups -OCH3 is 1. The molecule has 2 N–H and O–H groups in total. The molecule has 0 saturated heterocycles. The van der Waals surface area contributed by atoms with Gasteiger partial charge in [-0.05, 0) is 37.0 Å². The number of nitrogens with one attached hydrogen (secondary N) is 2. The van der Waals surface area contributed by atoms with E-state index in [-0.39, 0.29) is 12.3 Å². The highest BCUT2D eigenvalue weighted by molar-refractivity contribution is 5.90. The van der Waals surface area contributed by atoms with Crippen LogP contribution in [0, 0.1) is 11.7 Å². The van der Waals surface area contributed by atoms with Crippen LogP contribution in [0.1, 0.15) is 24.8 Å². The van der Waals surface area contributed by atoms with Gasteiger partial charge in [0.05, 0.1) is 24.8 Å². The molecule has 1 atom stereocenters. The van der Waals surface area contributed by atoms with Gasteiger partial charge in [-0.2, -0.15) is 13.2 Å². The third-order valence-electron chi connectivity index (χ3n) is 3.66. The van der Waals surface area contributed by atoms with Crippen molar-refractivity contribution in [1.82, 2.24) is 5.32 Å². The Balaban J connectivity index is 2.07. The average Bonchev–Trinajstić information content (AvgIpc) is 3.31. The van der Waals surface area contributed by atoms with E-state index in [0.29, 0.717) is 6.07 Å². The molecule has 0 aliphatic heterocycles. The van der Waals surface area contributed by atoms with Crippen molar-refractivity contribution in [3.05, 3.63) is 29.6 Å². The first-order valence-electron chi connectivity index (χ1n) is 7.21. The summed E-state index contributed by atoms with van der Waals surface area (Å²) < 4.78 is 56.3. The van der Waals surface area contributed by atoms with Crippen LogP contribution in [-0.4, -0.2) is 25.2 Å². The molecule has 2 rings (SSSR count). The van der Waals surface area contributed by atoms with Crippen LogP contribution in [0.4, 0.5) is 28.0 Å². The van der Waals surface area contributed by atoms with Crippen LogP contribution >= 0.6 is 0 Å². The van der Waals surface area contributed by atoms with Gasteiger partial charge in [-0.3, -0.25) is 4.79 Å². The van der Waals surface area contributed by atoms with E-state index in [1.807, 2.05) is 0 Å². The van der Waals surface area contributed by atoms with E-state index in [4.69, 9.17) is 0 Å². The number of halogens is 4. The van der Waals surface area contributed by atoms with Crippen LogP contribution in [0.2, 0.25) is 0 Å². The molecule has 9 heteroatoms. The second-order valence-electron chi connectivity index (χ2n) is 5.51. The highest BCUT2D eigenvalue weighted by Crippen LogP contribution is 2.36. The van der Waals surface area contributed by atoms with Crippen molar-refractivity contribution < 1.29 is 31.9 Å². The Kier molecular flexibility index (Phi) is 5.30. The zero-order valence-corrected chi connectivity index (χ0v) is 12.7. The zero-order chi connectivity index (χ0) is 17.9. The zero-order valence-electron chi connectivity index (χ0n) is 12.7. The Morgan fingerprint density at radius 2 is 2.00 bits per heavy atom. The summed E-state index contributed by atoms with van der Waals surface area (Å²) in [6.45, 7) is 0. The second kappa shape index (κ2) is 7.06. The van der Waals surface area contributed by atoms with Crippen molar-refractivity contribution >= 4 is 17.7 Å². The maximum absolute atomic E-state index is 13.0. The monoisotopic (exact) mass is 348 g/mol. The second-order valence-corrected chi connectivity index (χ2v) is 5.51. The van der Waals surface area contributed by atoms with Crippen LogP contribution in [0.15, 0.2) is 18.2 Å². The van der Waals surface area contributed by atoms with Crippen molar-refractivity contribution in [1.29, 1.82) is 0 Å². The minimum atomic E-state index is -4.81. The Bertz CT molecular complexity index is 630. The van der Waals surface area contributed by atoms with Gasteiger partial charge < -0.3 is 15.4 Å². The molecule has 1 saturated carbocycles. The molecule has 1 aromatic rings. The quantitative estimate of drug-likeness (QED) is 0.634. The number of ether oxygens (including phenoxy) is 1. The van der Waals surface area contributed by atoms with Crippen molar-refractivity contribution in [3.8, 4) is 0 Å². The number of esters is 1. The lowest BCUT2D eigenvalue weighted by Gasteiger charge is -2.19. The summed E-state index contributed by atoms with van der Waals surface area (Å²) >= 11 is 0. The number of carbonyl (C=O) groups is 2. The lowest BCUT2D eigenvalue weighted by atomic mass is 10.1. The lowest BCUT2D eigenvalue weighted by molar-refractivity contribution is -0.141. The third-order valence-corrected chi connectivity index (χ3v) is 3.66. The molecule has 0 spiro atoms. The summed E-state index contributed by atoms with van der Waals surface area (Å²) in [6.07, 6.45) is -3.25. The molecule has 2 amide bonds. The van der Waals surface area contributed by atoms with E-state index >= 15 is 0 Å². The first-order chi connectivity index (χ1) is 11.2. The molecule has 0 unspecified atom stereocenters. The first kappa shape index (κ1) is 18.0. The smallest absolute Gasteiger partial charge is 0.418 e. The summed E-state index contributed by atoms with van der Waals surface area (Å²) in [5.74, 6) is -1.50. The summed E-state index contributed by atoms with van der Waals surface area (Å²) in [4.78, 5) is 23.3. The standard InChI is InChI=1S/C15H16F4N2O3/c1-24-13(22)7-12(8-2-3-8)21-14(23)20-11-5-4-9(16)6-10(11)15(17,18)19/h4-6,8,12H,2-3,7H2,1H3,(H2,20,21,23)/t12-/m0/s1. The summed E-state index contributed by atoms with van der Waals surface area (Å²) in [7, 11) is 1.21. The fourth-order valence-corrected chi connectivity index (χ4v) is 2.28. The highest BCUT2D eigenvalue weighted by Gasteiger charge is 2.36. The van der Waals surface area contributed by atoms with E-state index < -0.39 is 41.3 Å². The third kappa shape index (κ3) is 4.84. The molecular formula is C15H16F4N2O3.